The summed E-state index contributed by atoms with van der Waals surface area (Å²) in [5.41, 5.74) is 1.52. The van der Waals surface area contributed by atoms with Crippen LogP contribution in [-0.2, 0) is 6.54 Å². The quantitative estimate of drug-likeness (QED) is 0.907. The number of carboxylic acids is 1. The predicted octanol–water partition coefficient (Wildman–Crippen LogP) is 3.01. The van der Waals surface area contributed by atoms with Crippen LogP contribution in [-0.4, -0.2) is 29.1 Å². The Balaban J connectivity index is 1.68. The molecule has 1 aromatic rings. The zero-order chi connectivity index (χ0) is 13.2. The fourth-order valence-corrected chi connectivity index (χ4v) is 3.73. The highest BCUT2D eigenvalue weighted by Crippen LogP contribution is 2.34. The molecule has 2 fully saturated rings. The number of likely N-dealkylation sites (tertiary alicyclic amines) is 1. The van der Waals surface area contributed by atoms with Gasteiger partial charge in [0.2, 0.25) is 0 Å². The van der Waals surface area contributed by atoms with Gasteiger partial charge < -0.3 is 5.11 Å². The van der Waals surface area contributed by atoms with Gasteiger partial charge in [0.05, 0.1) is 5.56 Å². The van der Waals surface area contributed by atoms with Crippen LogP contribution < -0.4 is 0 Å². The number of nitrogens with zero attached hydrogens (tertiary/aromatic N) is 1. The zero-order valence-electron chi connectivity index (χ0n) is 11.2. The molecule has 19 heavy (non-hydrogen) atoms. The molecular weight excluding hydrogens is 238 g/mol. The van der Waals surface area contributed by atoms with Crippen LogP contribution in [0.4, 0.5) is 0 Å². The zero-order valence-corrected chi connectivity index (χ0v) is 11.2. The Hall–Kier alpha value is -1.35. The molecule has 1 saturated heterocycles. The van der Waals surface area contributed by atoms with E-state index in [1.54, 1.807) is 6.07 Å². The first-order valence-corrected chi connectivity index (χ1v) is 7.25. The van der Waals surface area contributed by atoms with Gasteiger partial charge in [-0.2, -0.15) is 0 Å². The summed E-state index contributed by atoms with van der Waals surface area (Å²) < 4.78 is 0. The molecule has 3 rings (SSSR count). The van der Waals surface area contributed by atoms with Crippen LogP contribution in [0.3, 0.4) is 0 Å². The molecule has 2 atom stereocenters. The monoisotopic (exact) mass is 259 g/mol. The topological polar surface area (TPSA) is 40.5 Å². The van der Waals surface area contributed by atoms with Crippen molar-refractivity contribution in [2.75, 3.05) is 13.1 Å². The first-order valence-electron chi connectivity index (χ1n) is 7.25. The molecule has 1 aromatic carbocycles. The molecule has 3 heteroatoms. The van der Waals surface area contributed by atoms with E-state index in [4.69, 9.17) is 5.11 Å². The first kappa shape index (κ1) is 12.7. The third kappa shape index (κ3) is 2.98. The molecule has 0 radical (unpaired) electrons. The molecule has 1 aliphatic carbocycles. The molecular formula is C16H21NO2. The molecule has 1 saturated carbocycles. The van der Waals surface area contributed by atoms with Gasteiger partial charge in [-0.15, -0.1) is 0 Å². The maximum Gasteiger partial charge on any atom is 0.335 e. The fraction of sp³-hybridized carbons (Fsp3) is 0.562. The van der Waals surface area contributed by atoms with Crippen LogP contribution in [0.25, 0.3) is 0 Å². The average molecular weight is 259 g/mol. The summed E-state index contributed by atoms with van der Waals surface area (Å²) in [5.74, 6) is 0.905. The Morgan fingerprint density at radius 3 is 2.68 bits per heavy atom. The van der Waals surface area contributed by atoms with Crippen molar-refractivity contribution in [2.45, 2.75) is 32.2 Å². The lowest BCUT2D eigenvalue weighted by molar-refractivity contribution is 0.0695. The number of rotatable bonds is 3. The van der Waals surface area contributed by atoms with E-state index < -0.39 is 5.97 Å². The van der Waals surface area contributed by atoms with Crippen molar-refractivity contribution in [2.24, 2.45) is 11.8 Å². The van der Waals surface area contributed by atoms with Crippen LogP contribution in [0.15, 0.2) is 24.3 Å². The third-order valence-corrected chi connectivity index (χ3v) is 4.50. The lowest BCUT2D eigenvalue weighted by Crippen LogP contribution is -2.42. The summed E-state index contributed by atoms with van der Waals surface area (Å²) in [6, 6.07) is 7.36. The summed E-state index contributed by atoms with van der Waals surface area (Å²) in [4.78, 5) is 13.5. The van der Waals surface area contributed by atoms with Crippen molar-refractivity contribution in [3.05, 3.63) is 35.4 Å². The van der Waals surface area contributed by atoms with E-state index in [9.17, 15) is 4.79 Å². The van der Waals surface area contributed by atoms with E-state index in [0.29, 0.717) is 5.56 Å². The van der Waals surface area contributed by atoms with E-state index >= 15 is 0 Å². The SMILES string of the molecule is O=C(O)c1cccc(CN2CC3CCCC(C3)C2)c1. The maximum absolute atomic E-state index is 11.0. The summed E-state index contributed by atoms with van der Waals surface area (Å²) in [7, 11) is 0. The van der Waals surface area contributed by atoms with Crippen molar-refractivity contribution in [3.63, 3.8) is 0 Å². The van der Waals surface area contributed by atoms with Crippen LogP contribution in [0.1, 0.15) is 41.6 Å². The van der Waals surface area contributed by atoms with Gasteiger partial charge in [0, 0.05) is 19.6 Å². The summed E-state index contributed by atoms with van der Waals surface area (Å²) in [6.45, 7) is 3.27. The van der Waals surface area contributed by atoms with Gasteiger partial charge in [0.1, 0.15) is 0 Å². The minimum atomic E-state index is -0.836. The van der Waals surface area contributed by atoms with Crippen molar-refractivity contribution >= 4 is 5.97 Å². The first-order chi connectivity index (χ1) is 9.20. The Morgan fingerprint density at radius 2 is 2.00 bits per heavy atom. The summed E-state index contributed by atoms with van der Waals surface area (Å²) >= 11 is 0. The number of carbonyl (C=O) groups is 1. The van der Waals surface area contributed by atoms with Crippen molar-refractivity contribution in [1.29, 1.82) is 0 Å². The number of benzene rings is 1. The Labute approximate surface area is 114 Å². The van der Waals surface area contributed by atoms with E-state index in [0.717, 1.165) is 23.9 Å². The number of hydrogen-bond acceptors (Lipinski definition) is 2. The highest BCUT2D eigenvalue weighted by atomic mass is 16.4. The molecule has 1 aliphatic heterocycles. The smallest absolute Gasteiger partial charge is 0.335 e. The van der Waals surface area contributed by atoms with E-state index in [1.165, 1.54) is 38.8 Å². The summed E-state index contributed by atoms with van der Waals surface area (Å²) in [6.07, 6.45) is 5.56. The number of piperidine rings is 1. The second-order valence-corrected chi connectivity index (χ2v) is 6.10. The Morgan fingerprint density at radius 1 is 1.26 bits per heavy atom. The average Bonchev–Trinajstić information content (AvgIpc) is 2.38. The molecule has 0 amide bonds. The number of aromatic carboxylic acids is 1. The molecule has 1 N–H and O–H groups in total. The minimum Gasteiger partial charge on any atom is -0.478 e. The van der Waals surface area contributed by atoms with Gasteiger partial charge in [-0.1, -0.05) is 18.6 Å². The minimum absolute atomic E-state index is 0.398. The second-order valence-electron chi connectivity index (χ2n) is 6.10. The number of hydrogen-bond donors (Lipinski definition) is 1. The molecule has 2 aliphatic rings. The normalized spacial score (nSPS) is 27.2. The van der Waals surface area contributed by atoms with Crippen LogP contribution in [0.5, 0.6) is 0 Å². The standard InChI is InChI=1S/C16H21NO2/c18-16(19)15-6-2-5-14(8-15)11-17-9-12-3-1-4-13(7-12)10-17/h2,5-6,8,12-13H,1,3-4,7,9-11H2,(H,18,19). The van der Waals surface area contributed by atoms with E-state index in [-0.39, 0.29) is 0 Å². The van der Waals surface area contributed by atoms with Gasteiger partial charge in [0.25, 0.3) is 0 Å². The van der Waals surface area contributed by atoms with Gasteiger partial charge in [-0.25, -0.2) is 4.79 Å². The molecule has 1 heterocycles. The third-order valence-electron chi connectivity index (χ3n) is 4.50. The molecule has 2 unspecified atom stereocenters. The maximum atomic E-state index is 11.0. The van der Waals surface area contributed by atoms with Gasteiger partial charge in [-0.05, 0) is 48.8 Å². The number of fused-ring (bicyclic) bond motifs is 2. The molecule has 102 valence electrons. The Kier molecular flexibility index (Phi) is 3.56. The van der Waals surface area contributed by atoms with Crippen molar-refractivity contribution < 1.29 is 9.90 Å². The molecule has 3 nitrogen and oxygen atoms in total. The lowest BCUT2D eigenvalue weighted by atomic mass is 9.78. The lowest BCUT2D eigenvalue weighted by Gasteiger charge is -2.41. The van der Waals surface area contributed by atoms with Crippen LogP contribution in [0.2, 0.25) is 0 Å². The van der Waals surface area contributed by atoms with Gasteiger partial charge >= 0.3 is 5.97 Å². The highest BCUT2D eigenvalue weighted by molar-refractivity contribution is 5.87. The van der Waals surface area contributed by atoms with Crippen molar-refractivity contribution in [1.82, 2.24) is 4.90 Å². The Bertz CT molecular complexity index is 460. The predicted molar refractivity (Wildman–Crippen MR) is 74.1 cm³/mol. The van der Waals surface area contributed by atoms with Gasteiger partial charge in [-0.3, -0.25) is 4.90 Å². The summed E-state index contributed by atoms with van der Waals surface area (Å²) in [5, 5.41) is 9.03. The van der Waals surface area contributed by atoms with Crippen LogP contribution in [0, 0.1) is 11.8 Å². The van der Waals surface area contributed by atoms with E-state index in [1.807, 2.05) is 18.2 Å². The largest absolute Gasteiger partial charge is 0.478 e. The molecule has 2 bridgehead atoms. The van der Waals surface area contributed by atoms with Gasteiger partial charge in [0.15, 0.2) is 0 Å². The van der Waals surface area contributed by atoms with Crippen LogP contribution >= 0.6 is 0 Å². The molecule has 0 spiro atoms. The number of carboxylic acid groups (broad SMARTS) is 1. The van der Waals surface area contributed by atoms with E-state index in [2.05, 4.69) is 4.90 Å². The highest BCUT2D eigenvalue weighted by Gasteiger charge is 2.30. The van der Waals surface area contributed by atoms with Crippen molar-refractivity contribution in [3.8, 4) is 0 Å². The fourth-order valence-electron chi connectivity index (χ4n) is 3.73. The second kappa shape index (κ2) is 5.33. The molecule has 0 aromatic heterocycles.